The van der Waals surface area contributed by atoms with E-state index in [1.807, 2.05) is 48.5 Å². The van der Waals surface area contributed by atoms with Gasteiger partial charge in [0.1, 0.15) is 12.1 Å². The number of ether oxygens (including phenoxy) is 1. The summed E-state index contributed by atoms with van der Waals surface area (Å²) in [5.41, 5.74) is 2.43. The zero-order valence-electron chi connectivity index (χ0n) is 14.8. The highest BCUT2D eigenvalue weighted by Gasteiger charge is 2.09. The van der Waals surface area contributed by atoms with Crippen molar-refractivity contribution in [3.05, 3.63) is 60.4 Å². The maximum atomic E-state index is 12.4. The van der Waals surface area contributed by atoms with Gasteiger partial charge in [-0.2, -0.15) is 0 Å². The number of carbonyl (C=O) groups is 1. The summed E-state index contributed by atoms with van der Waals surface area (Å²) >= 11 is 0. The first-order valence-corrected chi connectivity index (χ1v) is 8.46. The lowest BCUT2D eigenvalue weighted by molar-refractivity contribution is -0.115. The molecule has 0 aliphatic carbocycles. The second kappa shape index (κ2) is 8.24. The van der Waals surface area contributed by atoms with Crippen molar-refractivity contribution >= 4 is 11.6 Å². The number of rotatable bonds is 7. The topological polar surface area (TPSA) is 81.9 Å². The molecule has 0 spiro atoms. The second-order valence-corrected chi connectivity index (χ2v) is 6.35. The van der Waals surface area contributed by atoms with Crippen LogP contribution in [-0.2, 0) is 11.2 Å². The summed E-state index contributed by atoms with van der Waals surface area (Å²) in [5, 5.41) is 14.0. The van der Waals surface area contributed by atoms with Crippen LogP contribution in [0.25, 0.3) is 5.69 Å². The summed E-state index contributed by atoms with van der Waals surface area (Å²) in [6.07, 6.45) is 1.80. The van der Waals surface area contributed by atoms with E-state index in [-0.39, 0.29) is 12.3 Å². The van der Waals surface area contributed by atoms with Crippen molar-refractivity contribution in [2.75, 3.05) is 11.9 Å². The Morgan fingerprint density at radius 3 is 2.62 bits per heavy atom. The Morgan fingerprint density at radius 2 is 1.92 bits per heavy atom. The van der Waals surface area contributed by atoms with E-state index in [1.54, 1.807) is 4.68 Å². The molecule has 0 saturated carbocycles. The molecule has 0 radical (unpaired) electrons. The van der Waals surface area contributed by atoms with Crippen molar-refractivity contribution in [3.63, 3.8) is 0 Å². The van der Waals surface area contributed by atoms with Gasteiger partial charge in [-0.3, -0.25) is 4.79 Å². The summed E-state index contributed by atoms with van der Waals surface area (Å²) in [6.45, 7) is 4.77. The van der Waals surface area contributed by atoms with E-state index in [2.05, 4.69) is 34.7 Å². The van der Waals surface area contributed by atoms with Gasteiger partial charge in [0.25, 0.3) is 0 Å². The van der Waals surface area contributed by atoms with Crippen LogP contribution in [0, 0.1) is 5.92 Å². The Balaban J connectivity index is 1.62. The van der Waals surface area contributed by atoms with Gasteiger partial charge in [0.05, 0.1) is 24.4 Å². The fourth-order valence-corrected chi connectivity index (χ4v) is 2.38. The molecule has 1 heterocycles. The molecule has 7 heteroatoms. The fraction of sp³-hybridized carbons (Fsp3) is 0.263. The van der Waals surface area contributed by atoms with Crippen LogP contribution in [0.4, 0.5) is 5.69 Å². The van der Waals surface area contributed by atoms with Crippen molar-refractivity contribution in [1.29, 1.82) is 0 Å². The molecule has 0 saturated heterocycles. The predicted octanol–water partition coefficient (Wildman–Crippen LogP) is 2.88. The quantitative estimate of drug-likeness (QED) is 0.708. The van der Waals surface area contributed by atoms with Gasteiger partial charge in [0.15, 0.2) is 0 Å². The monoisotopic (exact) mass is 351 g/mol. The van der Waals surface area contributed by atoms with Gasteiger partial charge in [-0.1, -0.05) is 38.1 Å². The van der Waals surface area contributed by atoms with Crippen molar-refractivity contribution in [1.82, 2.24) is 20.2 Å². The van der Waals surface area contributed by atoms with Crippen LogP contribution in [-0.4, -0.2) is 32.7 Å². The highest BCUT2D eigenvalue weighted by atomic mass is 16.5. The third-order valence-electron chi connectivity index (χ3n) is 3.65. The molecule has 0 atom stereocenters. The van der Waals surface area contributed by atoms with Crippen LogP contribution in [0.3, 0.4) is 0 Å². The Kier molecular flexibility index (Phi) is 5.58. The van der Waals surface area contributed by atoms with E-state index in [0.29, 0.717) is 24.0 Å². The Bertz CT molecular complexity index is 845. The summed E-state index contributed by atoms with van der Waals surface area (Å²) < 4.78 is 7.33. The SMILES string of the molecule is CC(C)COc1ccccc1NC(=O)Cc1ccc(-n2cnnn2)cc1. The largest absolute Gasteiger partial charge is 0.491 e. The van der Waals surface area contributed by atoms with Crippen molar-refractivity contribution in [2.24, 2.45) is 5.92 Å². The molecule has 0 bridgehead atoms. The van der Waals surface area contributed by atoms with Crippen molar-refractivity contribution < 1.29 is 9.53 Å². The lowest BCUT2D eigenvalue weighted by atomic mass is 10.1. The number of carbonyl (C=O) groups excluding carboxylic acids is 1. The number of amides is 1. The molecule has 2 aromatic carbocycles. The van der Waals surface area contributed by atoms with Crippen LogP contribution in [0.2, 0.25) is 0 Å². The molecule has 3 aromatic rings. The molecular weight excluding hydrogens is 330 g/mol. The minimum atomic E-state index is -0.0965. The second-order valence-electron chi connectivity index (χ2n) is 6.35. The molecule has 0 fully saturated rings. The number of para-hydroxylation sites is 2. The van der Waals surface area contributed by atoms with E-state index in [0.717, 1.165) is 11.3 Å². The number of tetrazole rings is 1. The van der Waals surface area contributed by atoms with Gasteiger partial charge >= 0.3 is 0 Å². The van der Waals surface area contributed by atoms with Gasteiger partial charge in [-0.25, -0.2) is 4.68 Å². The van der Waals surface area contributed by atoms with Gasteiger partial charge in [0, 0.05) is 0 Å². The molecular formula is C19H21N5O2. The van der Waals surface area contributed by atoms with Crippen molar-refractivity contribution in [2.45, 2.75) is 20.3 Å². The zero-order valence-corrected chi connectivity index (χ0v) is 14.8. The Morgan fingerprint density at radius 1 is 1.15 bits per heavy atom. The van der Waals surface area contributed by atoms with E-state index in [1.165, 1.54) is 6.33 Å². The average Bonchev–Trinajstić information content (AvgIpc) is 3.16. The number of anilines is 1. The third kappa shape index (κ3) is 4.66. The first-order chi connectivity index (χ1) is 12.6. The predicted molar refractivity (Wildman–Crippen MR) is 98.3 cm³/mol. The summed E-state index contributed by atoms with van der Waals surface area (Å²) in [7, 11) is 0. The summed E-state index contributed by atoms with van der Waals surface area (Å²) in [4.78, 5) is 12.4. The number of nitrogens with zero attached hydrogens (tertiary/aromatic N) is 4. The lowest BCUT2D eigenvalue weighted by Gasteiger charge is -2.14. The summed E-state index contributed by atoms with van der Waals surface area (Å²) in [5.74, 6) is 1.00. The molecule has 134 valence electrons. The van der Waals surface area contributed by atoms with E-state index >= 15 is 0 Å². The summed E-state index contributed by atoms with van der Waals surface area (Å²) in [6, 6.07) is 15.0. The number of nitrogens with one attached hydrogen (secondary N) is 1. The lowest BCUT2D eigenvalue weighted by Crippen LogP contribution is -2.16. The van der Waals surface area contributed by atoms with Gasteiger partial charge in [0.2, 0.25) is 5.91 Å². The number of hydrogen-bond donors (Lipinski definition) is 1. The molecule has 1 N–H and O–H groups in total. The van der Waals surface area contributed by atoms with Crippen LogP contribution in [0.15, 0.2) is 54.9 Å². The van der Waals surface area contributed by atoms with E-state index < -0.39 is 0 Å². The maximum absolute atomic E-state index is 12.4. The van der Waals surface area contributed by atoms with Gasteiger partial charge < -0.3 is 10.1 Å². The maximum Gasteiger partial charge on any atom is 0.228 e. The molecule has 0 aliphatic heterocycles. The van der Waals surface area contributed by atoms with E-state index in [9.17, 15) is 4.79 Å². The highest BCUT2D eigenvalue weighted by molar-refractivity contribution is 5.93. The minimum Gasteiger partial charge on any atom is -0.491 e. The third-order valence-corrected chi connectivity index (χ3v) is 3.65. The van der Waals surface area contributed by atoms with Gasteiger partial charge in [-0.05, 0) is 46.2 Å². The number of hydrogen-bond acceptors (Lipinski definition) is 5. The molecule has 7 nitrogen and oxygen atoms in total. The zero-order chi connectivity index (χ0) is 18.4. The Hall–Kier alpha value is -3.22. The van der Waals surface area contributed by atoms with E-state index in [4.69, 9.17) is 4.74 Å². The smallest absolute Gasteiger partial charge is 0.228 e. The normalized spacial score (nSPS) is 10.7. The standard InChI is InChI=1S/C19H21N5O2/c1-14(2)12-26-18-6-4-3-5-17(18)21-19(25)11-15-7-9-16(10-8-15)24-13-20-22-23-24/h3-10,13-14H,11-12H2,1-2H3,(H,21,25). The molecule has 0 aliphatic rings. The molecule has 26 heavy (non-hydrogen) atoms. The fourth-order valence-electron chi connectivity index (χ4n) is 2.38. The first-order valence-electron chi connectivity index (χ1n) is 8.46. The van der Waals surface area contributed by atoms with Gasteiger partial charge in [-0.15, -0.1) is 5.10 Å². The van der Waals surface area contributed by atoms with Crippen molar-refractivity contribution in [3.8, 4) is 11.4 Å². The van der Waals surface area contributed by atoms with Crippen LogP contribution < -0.4 is 10.1 Å². The highest BCUT2D eigenvalue weighted by Crippen LogP contribution is 2.24. The average molecular weight is 351 g/mol. The first kappa shape index (κ1) is 17.6. The molecule has 1 aromatic heterocycles. The molecule has 1 amide bonds. The number of benzene rings is 2. The number of aromatic nitrogens is 4. The van der Waals surface area contributed by atoms with Crippen LogP contribution >= 0.6 is 0 Å². The Labute approximate surface area is 152 Å². The minimum absolute atomic E-state index is 0.0965. The molecule has 0 unspecified atom stereocenters. The van der Waals surface area contributed by atoms with Crippen LogP contribution in [0.1, 0.15) is 19.4 Å². The van der Waals surface area contributed by atoms with Crippen LogP contribution in [0.5, 0.6) is 5.75 Å². The molecule has 3 rings (SSSR count).